The van der Waals surface area contributed by atoms with E-state index in [1.165, 1.54) is 0 Å². The fourth-order valence-corrected chi connectivity index (χ4v) is 1.82. The van der Waals surface area contributed by atoms with E-state index in [0.717, 1.165) is 22.9 Å². The van der Waals surface area contributed by atoms with Crippen LogP contribution < -0.4 is 10.3 Å². The topological polar surface area (TPSA) is 68.1 Å². The summed E-state index contributed by atoms with van der Waals surface area (Å²) in [5, 5.41) is 1.07. The second-order valence-electron chi connectivity index (χ2n) is 3.23. The molecule has 15 heavy (non-hydrogen) atoms. The van der Waals surface area contributed by atoms with Crippen LogP contribution in [0.1, 0.15) is 5.56 Å². The quantitative estimate of drug-likeness (QED) is 0.779. The molecule has 0 atom stereocenters. The summed E-state index contributed by atoms with van der Waals surface area (Å²) in [7, 11) is -0.336. The highest BCUT2D eigenvalue weighted by Gasteiger charge is 2.04. The predicted molar refractivity (Wildman–Crippen MR) is 59.3 cm³/mol. The maximum absolute atomic E-state index is 10.3. The second kappa shape index (κ2) is 4.43. The maximum Gasteiger partial charge on any atom is 0.395 e. The highest BCUT2D eigenvalue weighted by atomic mass is 31.1. The van der Waals surface area contributed by atoms with Gasteiger partial charge in [-0.2, -0.15) is 0 Å². The molecule has 0 saturated heterocycles. The third-order valence-electron chi connectivity index (χ3n) is 2.30. The maximum atomic E-state index is 10.3. The minimum Gasteiger partial charge on any atom is -0.408 e. The molecule has 1 heterocycles. The Balaban J connectivity index is 2.46. The van der Waals surface area contributed by atoms with Gasteiger partial charge >= 0.3 is 8.69 Å². The van der Waals surface area contributed by atoms with Crippen LogP contribution in [0.25, 0.3) is 10.9 Å². The molecule has 2 aromatic rings. The van der Waals surface area contributed by atoms with Gasteiger partial charge in [-0.15, -0.1) is 0 Å². The van der Waals surface area contributed by atoms with E-state index in [2.05, 4.69) is 4.98 Å². The molecule has 0 aliphatic rings. The lowest BCUT2D eigenvalue weighted by atomic mass is 10.1. The summed E-state index contributed by atoms with van der Waals surface area (Å²) >= 11 is 0. The van der Waals surface area contributed by atoms with Crippen LogP contribution in [-0.4, -0.2) is 11.5 Å². The van der Waals surface area contributed by atoms with E-state index in [9.17, 15) is 4.57 Å². The van der Waals surface area contributed by atoms with Crippen molar-refractivity contribution in [1.82, 2.24) is 4.98 Å². The van der Waals surface area contributed by atoms with Crippen LogP contribution in [0.3, 0.4) is 0 Å². The van der Waals surface area contributed by atoms with Crippen LogP contribution >= 0.6 is 8.69 Å². The molecule has 0 aliphatic heterocycles. The lowest BCUT2D eigenvalue weighted by Gasteiger charge is -1.98. The van der Waals surface area contributed by atoms with E-state index < -0.39 is 0 Å². The first-order valence-corrected chi connectivity index (χ1v) is 5.38. The van der Waals surface area contributed by atoms with E-state index >= 15 is 0 Å². The Labute approximate surface area is 88.7 Å². The van der Waals surface area contributed by atoms with Gasteiger partial charge in [0.1, 0.15) is 5.75 Å². The molecule has 0 amide bonds. The number of aromatic nitrogens is 1. The van der Waals surface area contributed by atoms with Crippen LogP contribution in [0.15, 0.2) is 24.4 Å². The monoisotopic (exact) mass is 222 g/mol. The number of H-pyrrole nitrogens is 1. The molecule has 0 aliphatic carbocycles. The Morgan fingerprint density at radius 1 is 1.47 bits per heavy atom. The van der Waals surface area contributed by atoms with Gasteiger partial charge in [-0.3, -0.25) is 0 Å². The van der Waals surface area contributed by atoms with Gasteiger partial charge in [-0.1, -0.05) is 0 Å². The van der Waals surface area contributed by atoms with Gasteiger partial charge in [0.05, 0.1) is 0 Å². The zero-order chi connectivity index (χ0) is 10.7. The van der Waals surface area contributed by atoms with Gasteiger partial charge in [0.25, 0.3) is 0 Å². The second-order valence-corrected chi connectivity index (χ2v) is 3.56. The Bertz CT molecular complexity index is 481. The lowest BCUT2D eigenvalue weighted by molar-refractivity contribution is 0.525. The minimum absolute atomic E-state index is 0.336. The van der Waals surface area contributed by atoms with Crippen LogP contribution in [0, 0.1) is 0 Å². The number of nitrogens with one attached hydrogen (secondary N) is 1. The Morgan fingerprint density at radius 3 is 3.07 bits per heavy atom. The van der Waals surface area contributed by atoms with Crippen LogP contribution in [0.2, 0.25) is 0 Å². The molecule has 0 radical (unpaired) electrons. The summed E-state index contributed by atoms with van der Waals surface area (Å²) in [4.78, 5) is 3.15. The Hall–Kier alpha value is -1.38. The summed E-state index contributed by atoms with van der Waals surface area (Å²) in [5.74, 6) is 0.594. The van der Waals surface area contributed by atoms with E-state index in [1.54, 1.807) is 6.07 Å². The van der Waals surface area contributed by atoms with Crippen molar-refractivity contribution in [3.63, 3.8) is 0 Å². The van der Waals surface area contributed by atoms with Crippen LogP contribution in [0.4, 0.5) is 0 Å². The van der Waals surface area contributed by atoms with E-state index in [-0.39, 0.29) is 8.69 Å². The van der Waals surface area contributed by atoms with E-state index in [0.29, 0.717) is 12.3 Å². The van der Waals surface area contributed by atoms with Crippen molar-refractivity contribution in [3.05, 3.63) is 30.0 Å². The van der Waals surface area contributed by atoms with E-state index in [1.807, 2.05) is 18.3 Å². The summed E-state index contributed by atoms with van der Waals surface area (Å²) < 4.78 is 15.2. The Kier molecular flexibility index (Phi) is 2.99. The third-order valence-corrected chi connectivity index (χ3v) is 2.58. The third kappa shape index (κ3) is 2.01. The zero-order valence-electron chi connectivity index (χ0n) is 8.06. The number of rotatable bonds is 4. The van der Waals surface area contributed by atoms with Crippen LogP contribution in [-0.2, 0) is 11.0 Å². The van der Waals surface area contributed by atoms with Gasteiger partial charge < -0.3 is 15.2 Å². The average molecular weight is 222 g/mol. The van der Waals surface area contributed by atoms with Crippen molar-refractivity contribution in [2.24, 2.45) is 5.73 Å². The van der Waals surface area contributed by atoms with Gasteiger partial charge in [0.15, 0.2) is 0 Å². The zero-order valence-corrected chi connectivity index (χ0v) is 8.96. The number of hydrogen-bond acceptors (Lipinski definition) is 3. The number of hydrogen-bond donors (Lipinski definition) is 2. The van der Waals surface area contributed by atoms with E-state index in [4.69, 9.17) is 10.3 Å². The largest absolute Gasteiger partial charge is 0.408 e. The highest BCUT2D eigenvalue weighted by Crippen LogP contribution is 2.25. The van der Waals surface area contributed by atoms with Crippen molar-refractivity contribution >= 4 is 19.6 Å². The van der Waals surface area contributed by atoms with Crippen molar-refractivity contribution in [1.29, 1.82) is 0 Å². The number of nitrogens with two attached hydrogens (primary N) is 1. The molecule has 4 nitrogen and oxygen atoms in total. The number of benzene rings is 1. The molecule has 0 spiro atoms. The first-order chi connectivity index (χ1) is 7.35. The van der Waals surface area contributed by atoms with Gasteiger partial charge in [0.2, 0.25) is 0 Å². The average Bonchev–Trinajstić information content (AvgIpc) is 2.63. The molecular weight excluding hydrogens is 211 g/mol. The lowest BCUT2D eigenvalue weighted by Crippen LogP contribution is -2.01. The fraction of sp³-hybridized carbons (Fsp3) is 0.200. The summed E-state index contributed by atoms with van der Waals surface area (Å²) in [6.45, 7) is 0.609. The van der Waals surface area contributed by atoms with Crippen LogP contribution in [0.5, 0.6) is 5.75 Å². The number of fused-ring (bicyclic) bond motifs is 1. The normalized spacial score (nSPS) is 11.0. The molecule has 78 valence electrons. The van der Waals surface area contributed by atoms with Gasteiger partial charge in [-0.25, -0.2) is 4.57 Å². The molecule has 1 aromatic heterocycles. The Morgan fingerprint density at radius 2 is 2.33 bits per heavy atom. The molecule has 0 saturated carbocycles. The smallest absolute Gasteiger partial charge is 0.395 e. The molecule has 2 rings (SSSR count). The van der Waals surface area contributed by atoms with Gasteiger partial charge in [-0.05, 0) is 36.7 Å². The summed E-state index contributed by atoms with van der Waals surface area (Å²) in [6, 6.07) is 5.54. The van der Waals surface area contributed by atoms with Crippen molar-refractivity contribution in [2.75, 3.05) is 6.54 Å². The molecule has 1 aromatic carbocycles. The van der Waals surface area contributed by atoms with Crippen molar-refractivity contribution < 1.29 is 9.09 Å². The molecular formula is C10H11N2O2P. The van der Waals surface area contributed by atoms with Crippen molar-refractivity contribution in [2.45, 2.75) is 6.42 Å². The molecule has 0 unspecified atom stereocenters. The first kappa shape index (κ1) is 10.1. The fourth-order valence-electron chi connectivity index (χ4n) is 1.62. The summed E-state index contributed by atoms with van der Waals surface area (Å²) in [5.41, 5.74) is 7.70. The molecule has 0 fully saturated rings. The molecule has 5 heteroatoms. The van der Waals surface area contributed by atoms with Crippen molar-refractivity contribution in [3.8, 4) is 5.75 Å². The summed E-state index contributed by atoms with van der Waals surface area (Å²) in [6.07, 6.45) is 2.76. The standard InChI is InChI=1S/C10H11N2O2P/c11-4-3-7-6-12-10-2-1-8(14-15-13)5-9(7)10/h1-2,5-6,12H,3-4,11H2. The van der Waals surface area contributed by atoms with Gasteiger partial charge in [0, 0.05) is 17.1 Å². The first-order valence-electron chi connectivity index (χ1n) is 4.65. The molecule has 3 N–H and O–H groups in total. The SMILES string of the molecule is NCCc1c[nH]c2ccc(OP=O)cc12. The molecule has 0 bridgehead atoms. The predicted octanol–water partition coefficient (Wildman–Crippen LogP) is 2.25. The number of aromatic amines is 1. The minimum atomic E-state index is -0.336. The highest BCUT2D eigenvalue weighted by molar-refractivity contribution is 7.17.